The summed E-state index contributed by atoms with van der Waals surface area (Å²) in [5.41, 5.74) is 3.85. The Hall–Kier alpha value is -2.73. The van der Waals surface area contributed by atoms with Crippen molar-refractivity contribution in [3.05, 3.63) is 65.8 Å². The minimum absolute atomic E-state index is 0.0423. The molecule has 134 valence electrons. The van der Waals surface area contributed by atoms with Crippen LogP contribution in [0.15, 0.2) is 48.8 Å². The van der Waals surface area contributed by atoms with E-state index in [-0.39, 0.29) is 24.8 Å². The van der Waals surface area contributed by atoms with Gasteiger partial charge in [-0.1, -0.05) is 36.4 Å². The smallest absolute Gasteiger partial charge is 0.411 e. The normalized spacial score (nSPS) is 21.9. The molecule has 1 fully saturated rings. The van der Waals surface area contributed by atoms with Crippen molar-refractivity contribution in [2.45, 2.75) is 32.0 Å². The average molecular weight is 351 g/mol. The first-order valence-electron chi connectivity index (χ1n) is 8.77. The second-order valence-corrected chi connectivity index (χ2v) is 6.65. The minimum Gasteiger partial charge on any atom is -0.445 e. The Labute approximate surface area is 152 Å². The predicted molar refractivity (Wildman–Crippen MR) is 96.2 cm³/mol. The number of amides is 1. The molecule has 2 aromatic rings. The molecule has 26 heavy (non-hydrogen) atoms. The van der Waals surface area contributed by atoms with E-state index in [1.54, 1.807) is 17.3 Å². The van der Waals surface area contributed by atoms with Crippen LogP contribution in [0.1, 0.15) is 23.4 Å². The van der Waals surface area contributed by atoms with E-state index in [0.29, 0.717) is 19.6 Å². The van der Waals surface area contributed by atoms with Crippen molar-refractivity contribution in [3.63, 3.8) is 0 Å². The lowest BCUT2D eigenvalue weighted by Gasteiger charge is -2.43. The summed E-state index contributed by atoms with van der Waals surface area (Å²) in [6.45, 7) is 3.18. The maximum Gasteiger partial charge on any atom is 0.411 e. The number of morpholine rings is 1. The molecule has 1 aromatic carbocycles. The molecule has 2 aliphatic heterocycles. The molecular weight excluding hydrogens is 330 g/mol. The lowest BCUT2D eigenvalue weighted by molar-refractivity contribution is -0.0342. The third kappa shape index (κ3) is 3.46. The summed E-state index contributed by atoms with van der Waals surface area (Å²) in [4.78, 5) is 23.3. The van der Waals surface area contributed by atoms with Crippen LogP contribution in [-0.2, 0) is 16.1 Å². The number of aromatic nitrogens is 2. The molecule has 0 radical (unpaired) electrons. The molecule has 3 heterocycles. The van der Waals surface area contributed by atoms with Crippen LogP contribution in [-0.4, -0.2) is 46.3 Å². The third-order valence-electron chi connectivity index (χ3n) is 4.70. The second kappa shape index (κ2) is 7.25. The Bertz CT molecular complexity index is 822. The van der Waals surface area contributed by atoms with E-state index in [9.17, 15) is 4.79 Å². The van der Waals surface area contributed by atoms with E-state index < -0.39 is 0 Å². The first-order chi connectivity index (χ1) is 12.7. The highest BCUT2D eigenvalue weighted by atomic mass is 16.6. The number of carbonyl (C=O) groups excluding carboxylic acids is 1. The summed E-state index contributed by atoms with van der Waals surface area (Å²) in [5, 5.41) is 0. The van der Waals surface area contributed by atoms with Gasteiger partial charge in [0.25, 0.3) is 0 Å². The molecular formula is C20H21N3O3. The molecule has 0 N–H and O–H groups in total. The molecule has 0 spiro atoms. The van der Waals surface area contributed by atoms with Gasteiger partial charge in [-0.25, -0.2) is 4.79 Å². The first kappa shape index (κ1) is 16.7. The molecule has 0 aliphatic carbocycles. The monoisotopic (exact) mass is 351 g/mol. The number of hydrogen-bond acceptors (Lipinski definition) is 5. The van der Waals surface area contributed by atoms with Gasteiger partial charge in [-0.05, 0) is 24.5 Å². The summed E-state index contributed by atoms with van der Waals surface area (Å²) >= 11 is 0. The zero-order chi connectivity index (χ0) is 17.9. The quantitative estimate of drug-likeness (QED) is 0.851. The Morgan fingerprint density at radius 1 is 1.27 bits per heavy atom. The van der Waals surface area contributed by atoms with Crippen LogP contribution in [0.25, 0.3) is 5.57 Å². The summed E-state index contributed by atoms with van der Waals surface area (Å²) in [7, 11) is 0. The lowest BCUT2D eigenvalue weighted by Crippen LogP contribution is -2.56. The Morgan fingerprint density at radius 2 is 2.12 bits per heavy atom. The zero-order valence-corrected chi connectivity index (χ0v) is 14.7. The van der Waals surface area contributed by atoms with Gasteiger partial charge in [-0.2, -0.15) is 0 Å². The van der Waals surface area contributed by atoms with Gasteiger partial charge in [0.05, 0.1) is 42.9 Å². The number of carbonyl (C=O) groups is 1. The molecule has 1 saturated heterocycles. The molecule has 1 amide bonds. The summed E-state index contributed by atoms with van der Waals surface area (Å²) < 4.78 is 11.2. The van der Waals surface area contributed by atoms with Crippen molar-refractivity contribution < 1.29 is 14.3 Å². The molecule has 2 unspecified atom stereocenters. The second-order valence-electron chi connectivity index (χ2n) is 6.65. The molecule has 6 nitrogen and oxygen atoms in total. The molecule has 2 aliphatic rings. The average Bonchev–Trinajstić information content (AvgIpc) is 2.66. The number of rotatable bonds is 3. The van der Waals surface area contributed by atoms with Gasteiger partial charge in [-0.3, -0.25) is 14.9 Å². The van der Waals surface area contributed by atoms with Gasteiger partial charge in [-0.15, -0.1) is 0 Å². The molecule has 2 atom stereocenters. The summed E-state index contributed by atoms with van der Waals surface area (Å²) in [5.74, 6) is 0. The van der Waals surface area contributed by atoms with E-state index in [4.69, 9.17) is 9.47 Å². The van der Waals surface area contributed by atoms with Crippen molar-refractivity contribution in [1.82, 2.24) is 14.9 Å². The van der Waals surface area contributed by atoms with Gasteiger partial charge >= 0.3 is 6.09 Å². The van der Waals surface area contributed by atoms with Crippen molar-refractivity contribution in [1.29, 1.82) is 0 Å². The van der Waals surface area contributed by atoms with E-state index in [1.807, 2.05) is 37.3 Å². The highest BCUT2D eigenvalue weighted by Crippen LogP contribution is 2.32. The zero-order valence-electron chi connectivity index (χ0n) is 14.7. The third-order valence-corrected chi connectivity index (χ3v) is 4.70. The lowest BCUT2D eigenvalue weighted by atomic mass is 9.93. The number of ether oxygens (including phenoxy) is 2. The fourth-order valence-corrected chi connectivity index (χ4v) is 3.48. The Balaban J connectivity index is 1.50. The Morgan fingerprint density at radius 3 is 2.88 bits per heavy atom. The number of fused-ring (bicyclic) bond motifs is 2. The summed E-state index contributed by atoms with van der Waals surface area (Å²) in [6, 6.07) is 9.53. The SMILES string of the molecule is Cc1cncc(C2=CC3COCC(C2)N3C(=O)OCc2ccccc2)n1. The number of hydrogen-bond donors (Lipinski definition) is 0. The van der Waals surface area contributed by atoms with Crippen LogP contribution in [0, 0.1) is 6.92 Å². The van der Waals surface area contributed by atoms with Gasteiger partial charge in [0.15, 0.2) is 0 Å². The molecule has 0 saturated carbocycles. The van der Waals surface area contributed by atoms with Crippen LogP contribution >= 0.6 is 0 Å². The van der Waals surface area contributed by atoms with Crippen molar-refractivity contribution in [3.8, 4) is 0 Å². The van der Waals surface area contributed by atoms with Gasteiger partial charge in [0.1, 0.15) is 6.61 Å². The summed E-state index contributed by atoms with van der Waals surface area (Å²) in [6.07, 6.45) is 5.97. The van der Waals surface area contributed by atoms with Crippen LogP contribution < -0.4 is 0 Å². The molecule has 6 heteroatoms. The number of nitrogens with zero attached hydrogens (tertiary/aromatic N) is 3. The highest BCUT2D eigenvalue weighted by molar-refractivity contribution is 5.73. The maximum atomic E-state index is 12.7. The molecule has 4 rings (SSSR count). The fourth-order valence-electron chi connectivity index (χ4n) is 3.48. The van der Waals surface area contributed by atoms with Crippen LogP contribution in [0.4, 0.5) is 4.79 Å². The van der Waals surface area contributed by atoms with Gasteiger partial charge in [0.2, 0.25) is 0 Å². The van der Waals surface area contributed by atoms with Crippen molar-refractivity contribution in [2.24, 2.45) is 0 Å². The van der Waals surface area contributed by atoms with Gasteiger partial charge < -0.3 is 9.47 Å². The van der Waals surface area contributed by atoms with E-state index >= 15 is 0 Å². The topological polar surface area (TPSA) is 64.5 Å². The van der Waals surface area contributed by atoms with E-state index in [0.717, 1.165) is 22.5 Å². The van der Waals surface area contributed by atoms with Crippen molar-refractivity contribution >= 4 is 11.7 Å². The highest BCUT2D eigenvalue weighted by Gasteiger charge is 2.39. The van der Waals surface area contributed by atoms with Crippen LogP contribution in [0.2, 0.25) is 0 Å². The van der Waals surface area contributed by atoms with E-state index in [2.05, 4.69) is 16.0 Å². The van der Waals surface area contributed by atoms with Crippen LogP contribution in [0.5, 0.6) is 0 Å². The standard InChI is InChI=1S/C20H21N3O3/c1-14-9-21-10-19(22-14)16-7-17-12-25-13-18(8-16)23(17)20(24)26-11-15-5-3-2-4-6-15/h2-7,9-10,17-18H,8,11-13H2,1H3. The fraction of sp³-hybridized carbons (Fsp3) is 0.350. The van der Waals surface area contributed by atoms with Crippen molar-refractivity contribution in [2.75, 3.05) is 13.2 Å². The molecule has 1 aromatic heterocycles. The van der Waals surface area contributed by atoms with E-state index in [1.165, 1.54) is 0 Å². The molecule has 2 bridgehead atoms. The first-order valence-corrected chi connectivity index (χ1v) is 8.77. The minimum atomic E-state index is -0.294. The largest absolute Gasteiger partial charge is 0.445 e. The maximum absolute atomic E-state index is 12.7. The predicted octanol–water partition coefficient (Wildman–Crippen LogP) is 2.98. The number of aryl methyl sites for hydroxylation is 1. The Kier molecular flexibility index (Phi) is 4.67. The van der Waals surface area contributed by atoms with Crippen LogP contribution in [0.3, 0.4) is 0 Å². The number of benzene rings is 1. The van der Waals surface area contributed by atoms with Gasteiger partial charge in [0, 0.05) is 6.20 Å².